The van der Waals surface area contributed by atoms with Crippen LogP contribution in [0.3, 0.4) is 0 Å². The van der Waals surface area contributed by atoms with Gasteiger partial charge in [-0.3, -0.25) is 4.90 Å². The Balaban J connectivity index is 1.89. The largest absolute Gasteiger partial charge is 0.316 e. The molecule has 1 heterocycles. The fourth-order valence-corrected chi connectivity index (χ4v) is 2.66. The molecule has 1 aromatic rings. The normalized spacial score (nSPS) is 21.6. The summed E-state index contributed by atoms with van der Waals surface area (Å²) in [5.74, 6) is 0.868. The Bertz CT molecular complexity index is 331. The van der Waals surface area contributed by atoms with E-state index in [4.69, 9.17) is 0 Å². The molecule has 1 aliphatic rings. The lowest BCUT2D eigenvalue weighted by Crippen LogP contribution is -2.33. The van der Waals surface area contributed by atoms with Crippen LogP contribution in [0.4, 0.5) is 0 Å². The summed E-state index contributed by atoms with van der Waals surface area (Å²) in [5.41, 5.74) is 2.81. The molecule has 1 aromatic carbocycles. The predicted octanol–water partition coefficient (Wildman–Crippen LogP) is 2.64. The molecule has 1 N–H and O–H groups in total. The first-order chi connectivity index (χ1) is 8.28. The van der Waals surface area contributed by atoms with E-state index in [0.29, 0.717) is 0 Å². The van der Waals surface area contributed by atoms with Crippen molar-refractivity contribution in [2.75, 3.05) is 20.1 Å². The third-order valence-electron chi connectivity index (χ3n) is 3.55. The standard InChI is InChI=1S/C15H24N2/c1-13-4-3-9-17(11-13)12-15-7-5-14(6-8-15)10-16-2/h5-8,13,16H,3-4,9-12H2,1-2H3. The van der Waals surface area contributed by atoms with Crippen molar-refractivity contribution in [3.05, 3.63) is 35.4 Å². The highest BCUT2D eigenvalue weighted by Gasteiger charge is 2.15. The van der Waals surface area contributed by atoms with Gasteiger partial charge in [0.1, 0.15) is 0 Å². The van der Waals surface area contributed by atoms with Gasteiger partial charge in [0.15, 0.2) is 0 Å². The maximum atomic E-state index is 3.18. The molecule has 1 saturated heterocycles. The molecule has 17 heavy (non-hydrogen) atoms. The average molecular weight is 232 g/mol. The van der Waals surface area contributed by atoms with Crippen LogP contribution in [0.1, 0.15) is 30.9 Å². The fraction of sp³-hybridized carbons (Fsp3) is 0.600. The molecule has 0 spiro atoms. The Morgan fingerprint density at radius 3 is 2.59 bits per heavy atom. The maximum Gasteiger partial charge on any atom is 0.0233 e. The van der Waals surface area contributed by atoms with Gasteiger partial charge in [0.05, 0.1) is 0 Å². The van der Waals surface area contributed by atoms with Crippen molar-refractivity contribution in [2.24, 2.45) is 5.92 Å². The zero-order chi connectivity index (χ0) is 12.1. The van der Waals surface area contributed by atoms with Crippen LogP contribution in [0, 0.1) is 5.92 Å². The van der Waals surface area contributed by atoms with Crippen molar-refractivity contribution in [1.29, 1.82) is 0 Å². The Kier molecular flexibility index (Phi) is 4.57. The summed E-state index contributed by atoms with van der Waals surface area (Å²) in [6.45, 7) is 6.97. The Morgan fingerprint density at radius 1 is 1.24 bits per heavy atom. The van der Waals surface area contributed by atoms with Crippen LogP contribution < -0.4 is 5.32 Å². The van der Waals surface area contributed by atoms with E-state index >= 15 is 0 Å². The van der Waals surface area contributed by atoms with E-state index in [1.54, 1.807) is 0 Å². The molecule has 0 aliphatic carbocycles. The second kappa shape index (κ2) is 6.18. The molecule has 0 bridgehead atoms. The zero-order valence-corrected chi connectivity index (χ0v) is 11.1. The molecule has 0 aromatic heterocycles. The Labute approximate surface area is 105 Å². The lowest BCUT2D eigenvalue weighted by molar-refractivity contribution is 0.176. The minimum absolute atomic E-state index is 0.868. The van der Waals surface area contributed by atoms with E-state index in [-0.39, 0.29) is 0 Å². The van der Waals surface area contributed by atoms with Crippen molar-refractivity contribution in [2.45, 2.75) is 32.9 Å². The zero-order valence-electron chi connectivity index (χ0n) is 11.1. The molecule has 0 radical (unpaired) electrons. The SMILES string of the molecule is CNCc1ccc(CN2CCCC(C)C2)cc1. The average Bonchev–Trinajstić information content (AvgIpc) is 2.32. The molecule has 1 fully saturated rings. The van der Waals surface area contributed by atoms with Crippen molar-refractivity contribution in [3.8, 4) is 0 Å². The molecular formula is C15H24N2. The number of benzene rings is 1. The van der Waals surface area contributed by atoms with Crippen molar-refractivity contribution >= 4 is 0 Å². The number of piperidine rings is 1. The predicted molar refractivity (Wildman–Crippen MR) is 72.9 cm³/mol. The molecule has 1 aliphatic heterocycles. The van der Waals surface area contributed by atoms with E-state index in [1.165, 1.54) is 37.1 Å². The molecule has 2 nitrogen and oxygen atoms in total. The van der Waals surface area contributed by atoms with Crippen LogP contribution >= 0.6 is 0 Å². The summed E-state index contributed by atoms with van der Waals surface area (Å²) in [4.78, 5) is 2.58. The van der Waals surface area contributed by atoms with Crippen LogP contribution in [0.5, 0.6) is 0 Å². The number of nitrogens with one attached hydrogen (secondary N) is 1. The molecule has 94 valence electrons. The third-order valence-corrected chi connectivity index (χ3v) is 3.55. The molecular weight excluding hydrogens is 208 g/mol. The van der Waals surface area contributed by atoms with Gasteiger partial charge < -0.3 is 5.32 Å². The second-order valence-corrected chi connectivity index (χ2v) is 5.33. The first-order valence-corrected chi connectivity index (χ1v) is 6.72. The fourth-order valence-electron chi connectivity index (χ4n) is 2.66. The lowest BCUT2D eigenvalue weighted by atomic mass is 9.99. The first kappa shape index (κ1) is 12.6. The van der Waals surface area contributed by atoms with Crippen LogP contribution in [0.15, 0.2) is 24.3 Å². The number of rotatable bonds is 4. The second-order valence-electron chi connectivity index (χ2n) is 5.33. The smallest absolute Gasteiger partial charge is 0.0233 e. The van der Waals surface area contributed by atoms with Crippen LogP contribution in [-0.4, -0.2) is 25.0 Å². The summed E-state index contributed by atoms with van der Waals surface area (Å²) in [6, 6.07) is 9.01. The maximum absolute atomic E-state index is 3.18. The topological polar surface area (TPSA) is 15.3 Å². The van der Waals surface area contributed by atoms with Crippen LogP contribution in [-0.2, 0) is 13.1 Å². The number of hydrogen-bond donors (Lipinski definition) is 1. The quantitative estimate of drug-likeness (QED) is 0.858. The molecule has 2 heteroatoms. The van der Waals surface area contributed by atoms with Gasteiger partial charge in [0.25, 0.3) is 0 Å². The van der Waals surface area contributed by atoms with Crippen molar-refractivity contribution in [3.63, 3.8) is 0 Å². The minimum atomic E-state index is 0.868. The highest BCUT2D eigenvalue weighted by molar-refractivity contribution is 5.22. The van der Waals surface area contributed by atoms with Gasteiger partial charge in [-0.05, 0) is 43.5 Å². The van der Waals surface area contributed by atoms with Crippen LogP contribution in [0.25, 0.3) is 0 Å². The number of nitrogens with zero attached hydrogens (tertiary/aromatic N) is 1. The van der Waals surface area contributed by atoms with Gasteiger partial charge >= 0.3 is 0 Å². The highest BCUT2D eigenvalue weighted by Crippen LogP contribution is 2.17. The highest BCUT2D eigenvalue weighted by atomic mass is 15.1. The van der Waals surface area contributed by atoms with Gasteiger partial charge in [0.2, 0.25) is 0 Å². The summed E-state index contributed by atoms with van der Waals surface area (Å²) in [7, 11) is 1.99. The third kappa shape index (κ3) is 3.83. The summed E-state index contributed by atoms with van der Waals surface area (Å²) in [6.07, 6.45) is 2.76. The summed E-state index contributed by atoms with van der Waals surface area (Å²) < 4.78 is 0. The van der Waals surface area contributed by atoms with Crippen molar-refractivity contribution < 1.29 is 0 Å². The van der Waals surface area contributed by atoms with Gasteiger partial charge in [-0.1, -0.05) is 31.2 Å². The van der Waals surface area contributed by atoms with E-state index in [1.807, 2.05) is 7.05 Å². The first-order valence-electron chi connectivity index (χ1n) is 6.72. The van der Waals surface area contributed by atoms with Gasteiger partial charge in [-0.25, -0.2) is 0 Å². The summed E-state index contributed by atoms with van der Waals surface area (Å²) >= 11 is 0. The van der Waals surface area contributed by atoms with Gasteiger partial charge in [-0.15, -0.1) is 0 Å². The molecule has 1 atom stereocenters. The van der Waals surface area contributed by atoms with E-state index in [9.17, 15) is 0 Å². The van der Waals surface area contributed by atoms with E-state index in [2.05, 4.69) is 41.4 Å². The Hall–Kier alpha value is -0.860. The van der Waals surface area contributed by atoms with Gasteiger partial charge in [-0.2, -0.15) is 0 Å². The van der Waals surface area contributed by atoms with Crippen molar-refractivity contribution in [1.82, 2.24) is 10.2 Å². The molecule has 0 amide bonds. The molecule has 2 rings (SSSR count). The minimum Gasteiger partial charge on any atom is -0.316 e. The molecule has 1 unspecified atom stereocenters. The van der Waals surface area contributed by atoms with Crippen LogP contribution in [0.2, 0.25) is 0 Å². The molecule has 0 saturated carbocycles. The van der Waals surface area contributed by atoms with E-state index < -0.39 is 0 Å². The monoisotopic (exact) mass is 232 g/mol. The number of hydrogen-bond acceptors (Lipinski definition) is 2. The number of likely N-dealkylation sites (tertiary alicyclic amines) is 1. The lowest BCUT2D eigenvalue weighted by Gasteiger charge is -2.30. The van der Waals surface area contributed by atoms with Gasteiger partial charge in [0, 0.05) is 19.6 Å². The Morgan fingerprint density at radius 2 is 1.94 bits per heavy atom. The summed E-state index contributed by atoms with van der Waals surface area (Å²) in [5, 5.41) is 3.18. The van der Waals surface area contributed by atoms with E-state index in [0.717, 1.165) is 19.0 Å².